The predicted molar refractivity (Wildman–Crippen MR) is 70.7 cm³/mol. The first-order valence-corrected chi connectivity index (χ1v) is 7.52. The van der Waals surface area contributed by atoms with Gasteiger partial charge in [0.25, 0.3) is 5.91 Å². The standard InChI is InChI=1S/C14H17NO2S/c16-12-6-1-4-10(12)11-5-2-8-15(11)14(17)13-7-3-9-18-13/h3,7,9-11H,1-2,4-6,8H2. The summed E-state index contributed by atoms with van der Waals surface area (Å²) in [6.07, 6.45) is 4.71. The van der Waals surface area contributed by atoms with Crippen molar-refractivity contribution in [2.45, 2.75) is 38.1 Å². The SMILES string of the molecule is O=C1CCCC1C1CCCN1C(=O)c1cccs1. The van der Waals surface area contributed by atoms with E-state index in [2.05, 4.69) is 0 Å². The summed E-state index contributed by atoms with van der Waals surface area (Å²) in [7, 11) is 0. The van der Waals surface area contributed by atoms with Crippen molar-refractivity contribution in [3.05, 3.63) is 22.4 Å². The van der Waals surface area contributed by atoms with Crippen LogP contribution in [0.3, 0.4) is 0 Å². The lowest BCUT2D eigenvalue weighted by Gasteiger charge is -2.28. The van der Waals surface area contributed by atoms with Crippen molar-refractivity contribution in [1.82, 2.24) is 4.90 Å². The van der Waals surface area contributed by atoms with Crippen LogP contribution in [0, 0.1) is 5.92 Å². The van der Waals surface area contributed by atoms with Gasteiger partial charge in [0.05, 0.1) is 4.88 Å². The Bertz CT molecular complexity index is 454. The van der Waals surface area contributed by atoms with Gasteiger partial charge in [0.1, 0.15) is 5.78 Å². The van der Waals surface area contributed by atoms with Crippen molar-refractivity contribution < 1.29 is 9.59 Å². The van der Waals surface area contributed by atoms with Gasteiger partial charge in [-0.05, 0) is 37.1 Å². The van der Waals surface area contributed by atoms with Gasteiger partial charge in [-0.3, -0.25) is 9.59 Å². The zero-order valence-corrected chi connectivity index (χ0v) is 11.1. The van der Waals surface area contributed by atoms with Crippen LogP contribution in [0.5, 0.6) is 0 Å². The molecule has 2 aliphatic rings. The number of ketones is 1. The van der Waals surface area contributed by atoms with Gasteiger partial charge in [0, 0.05) is 24.9 Å². The molecule has 1 aromatic heterocycles. The number of rotatable bonds is 2. The fourth-order valence-corrected chi connectivity index (χ4v) is 3.93. The second-order valence-corrected chi connectivity index (χ2v) is 6.10. The number of Topliss-reactive ketones (excluding diaryl/α,β-unsaturated/α-hetero) is 1. The third kappa shape index (κ3) is 1.99. The fourth-order valence-electron chi connectivity index (χ4n) is 3.25. The van der Waals surface area contributed by atoms with Gasteiger partial charge in [-0.15, -0.1) is 11.3 Å². The van der Waals surface area contributed by atoms with E-state index < -0.39 is 0 Å². The Hall–Kier alpha value is -1.16. The molecule has 0 aromatic carbocycles. The van der Waals surface area contributed by atoms with Crippen LogP contribution >= 0.6 is 11.3 Å². The summed E-state index contributed by atoms with van der Waals surface area (Å²) >= 11 is 1.49. The van der Waals surface area contributed by atoms with Crippen LogP contribution in [0.1, 0.15) is 41.8 Å². The third-order valence-electron chi connectivity index (χ3n) is 4.11. The number of thiophene rings is 1. The van der Waals surface area contributed by atoms with E-state index in [-0.39, 0.29) is 17.9 Å². The van der Waals surface area contributed by atoms with Crippen LogP contribution in [-0.4, -0.2) is 29.2 Å². The molecule has 96 valence electrons. The van der Waals surface area contributed by atoms with Crippen molar-refractivity contribution in [3.8, 4) is 0 Å². The Balaban J connectivity index is 1.79. The van der Waals surface area contributed by atoms with Crippen LogP contribution < -0.4 is 0 Å². The first-order chi connectivity index (χ1) is 8.77. The lowest BCUT2D eigenvalue weighted by Crippen LogP contribution is -2.41. The zero-order chi connectivity index (χ0) is 12.5. The molecule has 18 heavy (non-hydrogen) atoms. The second-order valence-electron chi connectivity index (χ2n) is 5.15. The van der Waals surface area contributed by atoms with Crippen molar-refractivity contribution >= 4 is 23.0 Å². The van der Waals surface area contributed by atoms with E-state index in [1.165, 1.54) is 11.3 Å². The van der Waals surface area contributed by atoms with Crippen LogP contribution in [0.4, 0.5) is 0 Å². The molecular weight excluding hydrogens is 246 g/mol. The van der Waals surface area contributed by atoms with Crippen LogP contribution in [0.2, 0.25) is 0 Å². The molecule has 3 rings (SSSR count). The highest BCUT2D eigenvalue weighted by Crippen LogP contribution is 2.34. The summed E-state index contributed by atoms with van der Waals surface area (Å²) in [4.78, 5) is 27.0. The molecule has 1 aliphatic heterocycles. The van der Waals surface area contributed by atoms with Gasteiger partial charge in [-0.25, -0.2) is 0 Å². The molecule has 1 amide bonds. The lowest BCUT2D eigenvalue weighted by atomic mass is 9.95. The molecule has 2 unspecified atom stereocenters. The monoisotopic (exact) mass is 263 g/mol. The molecule has 2 atom stereocenters. The quantitative estimate of drug-likeness (QED) is 0.822. The molecule has 1 aliphatic carbocycles. The van der Waals surface area contributed by atoms with Crippen molar-refractivity contribution in [1.29, 1.82) is 0 Å². The minimum Gasteiger partial charge on any atom is -0.334 e. The summed E-state index contributed by atoms with van der Waals surface area (Å²) in [6, 6.07) is 3.94. The molecule has 0 N–H and O–H groups in total. The van der Waals surface area contributed by atoms with Crippen LogP contribution in [0.25, 0.3) is 0 Å². The molecule has 1 saturated heterocycles. The number of amides is 1. The van der Waals surface area contributed by atoms with Crippen molar-refractivity contribution in [2.75, 3.05) is 6.54 Å². The number of hydrogen-bond donors (Lipinski definition) is 0. The summed E-state index contributed by atoms with van der Waals surface area (Å²) in [5.41, 5.74) is 0. The number of likely N-dealkylation sites (tertiary alicyclic amines) is 1. The van der Waals surface area contributed by atoms with Gasteiger partial charge in [-0.2, -0.15) is 0 Å². The van der Waals surface area contributed by atoms with E-state index in [1.807, 2.05) is 22.4 Å². The van der Waals surface area contributed by atoms with E-state index >= 15 is 0 Å². The Morgan fingerprint density at radius 2 is 2.22 bits per heavy atom. The summed E-state index contributed by atoms with van der Waals surface area (Å²) < 4.78 is 0. The smallest absolute Gasteiger partial charge is 0.264 e. The molecule has 2 heterocycles. The molecule has 2 fully saturated rings. The van der Waals surface area contributed by atoms with Gasteiger partial charge in [0.2, 0.25) is 0 Å². The maximum Gasteiger partial charge on any atom is 0.264 e. The summed E-state index contributed by atoms with van der Waals surface area (Å²) in [5, 5.41) is 1.93. The predicted octanol–water partition coefficient (Wildman–Crippen LogP) is 2.72. The van der Waals surface area contributed by atoms with Crippen LogP contribution in [0.15, 0.2) is 17.5 Å². The van der Waals surface area contributed by atoms with Crippen molar-refractivity contribution in [2.24, 2.45) is 5.92 Å². The van der Waals surface area contributed by atoms with E-state index in [0.29, 0.717) is 12.2 Å². The first kappa shape index (κ1) is 11.9. The van der Waals surface area contributed by atoms with E-state index in [4.69, 9.17) is 0 Å². The number of hydrogen-bond acceptors (Lipinski definition) is 3. The first-order valence-electron chi connectivity index (χ1n) is 6.64. The maximum atomic E-state index is 12.4. The van der Waals surface area contributed by atoms with Crippen LogP contribution in [-0.2, 0) is 4.79 Å². The highest BCUT2D eigenvalue weighted by atomic mass is 32.1. The topological polar surface area (TPSA) is 37.4 Å². The van der Waals surface area contributed by atoms with Gasteiger partial charge >= 0.3 is 0 Å². The largest absolute Gasteiger partial charge is 0.334 e. The van der Waals surface area contributed by atoms with E-state index in [1.54, 1.807) is 0 Å². The highest BCUT2D eigenvalue weighted by Gasteiger charge is 2.40. The van der Waals surface area contributed by atoms with E-state index in [9.17, 15) is 9.59 Å². The van der Waals surface area contributed by atoms with Gasteiger partial charge in [-0.1, -0.05) is 6.07 Å². The van der Waals surface area contributed by atoms with Gasteiger partial charge in [0.15, 0.2) is 0 Å². The minimum absolute atomic E-state index is 0.108. The third-order valence-corrected chi connectivity index (χ3v) is 4.97. The van der Waals surface area contributed by atoms with Gasteiger partial charge < -0.3 is 4.90 Å². The molecule has 0 bridgehead atoms. The molecule has 3 nitrogen and oxygen atoms in total. The molecule has 1 aromatic rings. The molecule has 0 radical (unpaired) electrons. The molecule has 0 spiro atoms. The van der Waals surface area contributed by atoms with Crippen molar-refractivity contribution in [3.63, 3.8) is 0 Å². The number of carbonyl (C=O) groups excluding carboxylic acids is 2. The second kappa shape index (κ2) is 4.84. The fraction of sp³-hybridized carbons (Fsp3) is 0.571. The average Bonchev–Trinajstić information content (AvgIpc) is 3.09. The Morgan fingerprint density at radius 3 is 2.89 bits per heavy atom. The number of nitrogens with zero attached hydrogens (tertiary/aromatic N) is 1. The lowest BCUT2D eigenvalue weighted by molar-refractivity contribution is -0.121. The number of carbonyl (C=O) groups is 2. The molecule has 4 heteroatoms. The highest BCUT2D eigenvalue weighted by molar-refractivity contribution is 7.12. The average molecular weight is 263 g/mol. The zero-order valence-electron chi connectivity index (χ0n) is 10.3. The molecular formula is C14H17NO2S. The normalized spacial score (nSPS) is 28.0. The Labute approximate surface area is 111 Å². The Morgan fingerprint density at radius 1 is 1.33 bits per heavy atom. The maximum absolute atomic E-state index is 12.4. The minimum atomic E-state index is 0.108. The molecule has 1 saturated carbocycles. The summed E-state index contributed by atoms with van der Waals surface area (Å²) in [5.74, 6) is 0.592. The van der Waals surface area contributed by atoms with E-state index in [0.717, 1.165) is 37.1 Å². The summed E-state index contributed by atoms with van der Waals surface area (Å²) in [6.45, 7) is 0.811. The Kier molecular flexibility index (Phi) is 3.20.